The van der Waals surface area contributed by atoms with E-state index in [0.29, 0.717) is 23.7 Å². The summed E-state index contributed by atoms with van der Waals surface area (Å²) in [6, 6.07) is 41.4. The SMILES string of the molecule is COC(=O)C(Cc1ccc(OCc2ccccc2)cc1)NC(=O)c1ccc(OCC(=O)N(c2ccccc2)c2ccccc2)cc1. The molecule has 5 aromatic rings. The first-order valence-corrected chi connectivity index (χ1v) is 14.8. The minimum Gasteiger partial charge on any atom is -0.489 e. The molecule has 232 valence electrons. The van der Waals surface area contributed by atoms with Crippen LogP contribution in [-0.2, 0) is 27.4 Å². The molecule has 0 aliphatic heterocycles. The molecule has 0 spiro atoms. The van der Waals surface area contributed by atoms with E-state index in [-0.39, 0.29) is 18.9 Å². The molecule has 1 atom stereocenters. The fourth-order valence-corrected chi connectivity index (χ4v) is 4.78. The average molecular weight is 615 g/mol. The highest BCUT2D eigenvalue weighted by Crippen LogP contribution is 2.25. The number of carbonyl (C=O) groups is 3. The second-order valence-corrected chi connectivity index (χ2v) is 10.4. The van der Waals surface area contributed by atoms with Crippen molar-refractivity contribution in [3.63, 3.8) is 0 Å². The Kier molecular flexibility index (Phi) is 10.8. The third kappa shape index (κ3) is 8.60. The number of benzene rings is 5. The summed E-state index contributed by atoms with van der Waals surface area (Å²) in [5.74, 6) is -0.137. The molecule has 46 heavy (non-hydrogen) atoms. The fourth-order valence-electron chi connectivity index (χ4n) is 4.78. The van der Waals surface area contributed by atoms with Crippen LogP contribution in [0, 0.1) is 0 Å². The molecule has 0 bridgehead atoms. The Balaban J connectivity index is 1.17. The minimum atomic E-state index is -0.899. The summed E-state index contributed by atoms with van der Waals surface area (Å²) in [6.07, 6.45) is 0.236. The lowest BCUT2D eigenvalue weighted by molar-refractivity contribution is -0.142. The van der Waals surface area contributed by atoms with E-state index in [1.54, 1.807) is 29.2 Å². The van der Waals surface area contributed by atoms with Crippen LogP contribution in [0.5, 0.6) is 11.5 Å². The third-order valence-electron chi connectivity index (χ3n) is 7.16. The molecule has 1 N–H and O–H groups in total. The smallest absolute Gasteiger partial charge is 0.328 e. The molecule has 8 nitrogen and oxygen atoms in total. The van der Waals surface area contributed by atoms with Gasteiger partial charge in [-0.2, -0.15) is 0 Å². The number of rotatable bonds is 13. The van der Waals surface area contributed by atoms with E-state index in [4.69, 9.17) is 14.2 Å². The lowest BCUT2D eigenvalue weighted by Gasteiger charge is -2.23. The Morgan fingerprint density at radius 1 is 0.630 bits per heavy atom. The number of amides is 2. The van der Waals surface area contributed by atoms with E-state index in [0.717, 1.165) is 22.5 Å². The minimum absolute atomic E-state index is 0.212. The zero-order chi connectivity index (χ0) is 32.1. The van der Waals surface area contributed by atoms with Gasteiger partial charge in [0.15, 0.2) is 6.61 Å². The van der Waals surface area contributed by atoms with E-state index in [2.05, 4.69) is 5.32 Å². The largest absolute Gasteiger partial charge is 0.489 e. The number of esters is 1. The van der Waals surface area contributed by atoms with Crippen LogP contribution >= 0.6 is 0 Å². The van der Waals surface area contributed by atoms with Crippen molar-refractivity contribution < 1.29 is 28.6 Å². The predicted octanol–water partition coefficient (Wildman–Crippen LogP) is 6.52. The number of hydrogen-bond donors (Lipinski definition) is 1. The van der Waals surface area contributed by atoms with Crippen LogP contribution in [0.25, 0.3) is 0 Å². The summed E-state index contributed by atoms with van der Waals surface area (Å²) in [5.41, 5.74) is 3.66. The number of carbonyl (C=O) groups excluding carboxylic acids is 3. The molecule has 0 saturated carbocycles. The highest BCUT2D eigenvalue weighted by Gasteiger charge is 2.23. The second kappa shape index (κ2) is 15.7. The number of anilines is 2. The number of hydrogen-bond acceptors (Lipinski definition) is 6. The summed E-state index contributed by atoms with van der Waals surface area (Å²) in [4.78, 5) is 40.5. The van der Waals surface area contributed by atoms with Gasteiger partial charge in [-0.1, -0.05) is 78.9 Å². The Bertz CT molecular complexity index is 1670. The lowest BCUT2D eigenvalue weighted by Crippen LogP contribution is -2.43. The van der Waals surface area contributed by atoms with Crippen LogP contribution in [0.4, 0.5) is 11.4 Å². The maximum atomic E-state index is 13.3. The van der Waals surface area contributed by atoms with Gasteiger partial charge in [-0.15, -0.1) is 0 Å². The molecule has 0 fully saturated rings. The zero-order valence-corrected chi connectivity index (χ0v) is 25.4. The summed E-state index contributed by atoms with van der Waals surface area (Å²) in [5, 5.41) is 2.77. The standard InChI is InChI=1S/C38H34N2O6/c1-44-38(43)35(25-28-17-21-33(22-18-28)45-26-29-11-5-2-6-12-29)39-37(42)30-19-23-34(24-20-30)46-27-36(41)40(31-13-7-3-8-14-31)32-15-9-4-10-16-32/h2-24,35H,25-27H2,1H3,(H,39,42). The van der Waals surface area contributed by atoms with Crippen LogP contribution in [0.2, 0.25) is 0 Å². The topological polar surface area (TPSA) is 94.2 Å². The first kappa shape index (κ1) is 31.5. The first-order valence-electron chi connectivity index (χ1n) is 14.8. The third-order valence-corrected chi connectivity index (χ3v) is 7.16. The Hall–Kier alpha value is -5.89. The Morgan fingerprint density at radius 3 is 1.72 bits per heavy atom. The molecule has 0 aliphatic carbocycles. The molecule has 0 heterocycles. The van der Waals surface area contributed by atoms with Crippen molar-refractivity contribution in [2.24, 2.45) is 0 Å². The van der Waals surface area contributed by atoms with Crippen LogP contribution in [0.15, 0.2) is 140 Å². The van der Waals surface area contributed by atoms with Crippen molar-refractivity contribution in [3.8, 4) is 11.5 Å². The summed E-state index contributed by atoms with van der Waals surface area (Å²) < 4.78 is 16.6. The lowest BCUT2D eigenvalue weighted by atomic mass is 10.0. The molecular formula is C38H34N2O6. The summed E-state index contributed by atoms with van der Waals surface area (Å²) >= 11 is 0. The predicted molar refractivity (Wildman–Crippen MR) is 176 cm³/mol. The molecule has 0 radical (unpaired) electrons. The van der Waals surface area contributed by atoms with Gasteiger partial charge in [0.25, 0.3) is 11.8 Å². The molecule has 5 aromatic carbocycles. The first-order chi connectivity index (χ1) is 22.5. The molecule has 0 aromatic heterocycles. The second-order valence-electron chi connectivity index (χ2n) is 10.4. The zero-order valence-electron chi connectivity index (χ0n) is 25.4. The highest BCUT2D eigenvalue weighted by atomic mass is 16.5. The number of nitrogens with zero attached hydrogens (tertiary/aromatic N) is 1. The Morgan fingerprint density at radius 2 is 1.15 bits per heavy atom. The molecule has 0 aliphatic rings. The van der Waals surface area contributed by atoms with Gasteiger partial charge in [-0.05, 0) is 71.8 Å². The van der Waals surface area contributed by atoms with Crippen molar-refractivity contribution in [3.05, 3.63) is 156 Å². The van der Waals surface area contributed by atoms with Crippen molar-refractivity contribution >= 4 is 29.2 Å². The molecule has 5 rings (SSSR count). The van der Waals surface area contributed by atoms with Crippen molar-refractivity contribution in [2.45, 2.75) is 19.1 Å². The van der Waals surface area contributed by atoms with E-state index in [9.17, 15) is 14.4 Å². The average Bonchev–Trinajstić information content (AvgIpc) is 3.11. The fraction of sp³-hybridized carbons (Fsp3) is 0.132. The van der Waals surface area contributed by atoms with Gasteiger partial charge in [0, 0.05) is 23.4 Å². The number of ether oxygens (including phenoxy) is 3. The van der Waals surface area contributed by atoms with E-state index in [1.807, 2.05) is 115 Å². The molecular weight excluding hydrogens is 580 g/mol. The van der Waals surface area contributed by atoms with Crippen LogP contribution in [-0.4, -0.2) is 37.5 Å². The van der Waals surface area contributed by atoms with E-state index >= 15 is 0 Å². The summed E-state index contributed by atoms with van der Waals surface area (Å²) in [7, 11) is 1.28. The van der Waals surface area contributed by atoms with Gasteiger partial charge < -0.3 is 19.5 Å². The molecule has 8 heteroatoms. The molecule has 1 unspecified atom stereocenters. The van der Waals surface area contributed by atoms with Crippen molar-refractivity contribution in [1.29, 1.82) is 0 Å². The normalized spacial score (nSPS) is 11.2. The van der Waals surface area contributed by atoms with Crippen LogP contribution in [0.1, 0.15) is 21.5 Å². The van der Waals surface area contributed by atoms with E-state index < -0.39 is 17.9 Å². The molecule has 2 amide bonds. The monoisotopic (exact) mass is 614 g/mol. The quantitative estimate of drug-likeness (QED) is 0.152. The maximum Gasteiger partial charge on any atom is 0.328 e. The number of methoxy groups -OCH3 is 1. The highest BCUT2D eigenvalue weighted by molar-refractivity contribution is 6.01. The van der Waals surface area contributed by atoms with Crippen LogP contribution < -0.4 is 19.7 Å². The van der Waals surface area contributed by atoms with Gasteiger partial charge >= 0.3 is 5.97 Å². The summed E-state index contributed by atoms with van der Waals surface area (Å²) in [6.45, 7) is 0.233. The van der Waals surface area contributed by atoms with Gasteiger partial charge in [0.2, 0.25) is 0 Å². The van der Waals surface area contributed by atoms with Gasteiger partial charge in [-0.25, -0.2) is 4.79 Å². The number of nitrogens with one attached hydrogen (secondary N) is 1. The van der Waals surface area contributed by atoms with Crippen molar-refractivity contribution in [2.75, 3.05) is 18.6 Å². The maximum absolute atomic E-state index is 13.3. The van der Waals surface area contributed by atoms with Crippen molar-refractivity contribution in [1.82, 2.24) is 5.32 Å². The van der Waals surface area contributed by atoms with Crippen LogP contribution in [0.3, 0.4) is 0 Å². The van der Waals surface area contributed by atoms with Gasteiger partial charge in [-0.3, -0.25) is 14.5 Å². The number of para-hydroxylation sites is 2. The van der Waals surface area contributed by atoms with E-state index in [1.165, 1.54) is 7.11 Å². The van der Waals surface area contributed by atoms with Gasteiger partial charge in [0.05, 0.1) is 7.11 Å². The van der Waals surface area contributed by atoms with Gasteiger partial charge in [0.1, 0.15) is 24.1 Å². The Labute approximate surface area is 268 Å². The molecule has 0 saturated heterocycles.